The van der Waals surface area contributed by atoms with Crippen molar-refractivity contribution in [3.05, 3.63) is 45.5 Å². The Morgan fingerprint density at radius 1 is 0.792 bits per heavy atom. The third-order valence-electron chi connectivity index (χ3n) is 8.16. The molecule has 2 aliphatic heterocycles. The molecule has 0 spiro atoms. The average molecular weight is 673 g/mol. The van der Waals surface area contributed by atoms with E-state index in [1.807, 2.05) is 16.7 Å². The summed E-state index contributed by atoms with van der Waals surface area (Å²) >= 11 is 0. The van der Waals surface area contributed by atoms with Gasteiger partial charge in [-0.25, -0.2) is 19.6 Å². The second kappa shape index (κ2) is 19.2. The molecule has 0 saturated carbocycles. The van der Waals surface area contributed by atoms with Gasteiger partial charge in [-0.3, -0.25) is 28.3 Å². The highest BCUT2D eigenvalue weighted by atomic mass is 16.5. The van der Waals surface area contributed by atoms with Crippen molar-refractivity contribution in [3.8, 4) is 0 Å². The monoisotopic (exact) mass is 672 g/mol. The van der Waals surface area contributed by atoms with E-state index in [4.69, 9.17) is 9.84 Å². The van der Waals surface area contributed by atoms with Gasteiger partial charge in [-0.05, 0) is 45.4 Å². The third-order valence-corrected chi connectivity index (χ3v) is 8.16. The van der Waals surface area contributed by atoms with E-state index in [-0.39, 0.29) is 35.6 Å². The van der Waals surface area contributed by atoms with Crippen LogP contribution in [0.3, 0.4) is 0 Å². The number of rotatable bonds is 17. The van der Waals surface area contributed by atoms with E-state index < -0.39 is 29.6 Å². The highest BCUT2D eigenvalue weighted by Crippen LogP contribution is 2.13. The van der Waals surface area contributed by atoms with Crippen LogP contribution in [-0.4, -0.2) is 104 Å². The largest absolute Gasteiger partial charge is 0.480 e. The lowest BCUT2D eigenvalue weighted by atomic mass is 10.2. The normalized spacial score (nSPS) is 15.5. The molecule has 3 N–H and O–H groups in total. The Morgan fingerprint density at radius 2 is 1.25 bits per heavy atom. The Kier molecular flexibility index (Phi) is 15.0. The Balaban J connectivity index is 0.000000261. The van der Waals surface area contributed by atoms with Gasteiger partial charge in [-0.1, -0.05) is 13.8 Å². The maximum absolute atomic E-state index is 12.5. The van der Waals surface area contributed by atoms with Crippen LogP contribution in [0.4, 0.5) is 11.6 Å². The van der Waals surface area contributed by atoms with Crippen molar-refractivity contribution in [1.82, 2.24) is 28.9 Å². The Labute approximate surface area is 279 Å². The molecule has 4 rings (SSSR count). The quantitative estimate of drug-likeness (QED) is 0.163. The van der Waals surface area contributed by atoms with Crippen LogP contribution in [0.25, 0.3) is 0 Å². The van der Waals surface area contributed by atoms with Gasteiger partial charge in [0.25, 0.3) is 11.1 Å². The van der Waals surface area contributed by atoms with E-state index in [9.17, 15) is 28.8 Å². The summed E-state index contributed by atoms with van der Waals surface area (Å²) in [5, 5.41) is 15.1. The summed E-state index contributed by atoms with van der Waals surface area (Å²) in [5.74, 6) is -0.744. The van der Waals surface area contributed by atoms with E-state index in [0.29, 0.717) is 58.3 Å². The number of carboxylic acids is 1. The highest BCUT2D eigenvalue weighted by molar-refractivity contribution is 5.78. The molecule has 16 heteroatoms. The Bertz CT molecular complexity index is 1510. The summed E-state index contributed by atoms with van der Waals surface area (Å²) in [6.07, 6.45) is 11.1. The van der Waals surface area contributed by atoms with Crippen molar-refractivity contribution < 1.29 is 29.0 Å². The lowest BCUT2D eigenvalue weighted by molar-refractivity contribution is -0.147. The fourth-order valence-corrected chi connectivity index (χ4v) is 5.62. The van der Waals surface area contributed by atoms with Gasteiger partial charge < -0.3 is 30.3 Å². The minimum Gasteiger partial charge on any atom is -0.480 e. The fraction of sp³-hybridized carbons (Fsp3) is 0.625. The van der Waals surface area contributed by atoms with E-state index >= 15 is 0 Å². The lowest BCUT2D eigenvalue weighted by Gasteiger charge is -2.18. The van der Waals surface area contributed by atoms with Gasteiger partial charge in [-0.15, -0.1) is 0 Å². The summed E-state index contributed by atoms with van der Waals surface area (Å²) < 4.78 is 7.57. The molecular weight excluding hydrogens is 624 g/mol. The van der Waals surface area contributed by atoms with Gasteiger partial charge in [0.15, 0.2) is 11.6 Å². The molecule has 2 aromatic heterocycles. The highest BCUT2D eigenvalue weighted by Gasteiger charge is 2.23. The van der Waals surface area contributed by atoms with Crippen LogP contribution in [0.5, 0.6) is 0 Å². The molecule has 48 heavy (non-hydrogen) atoms. The molecule has 0 unspecified atom stereocenters. The number of hydrogen-bond acceptors (Lipinski definition) is 11. The number of aliphatic carboxylic acids is 1. The van der Waals surface area contributed by atoms with Crippen LogP contribution in [0.15, 0.2) is 34.4 Å². The number of ether oxygens (including phenoxy) is 1. The molecule has 2 aromatic rings. The third kappa shape index (κ3) is 10.4. The van der Waals surface area contributed by atoms with Gasteiger partial charge in [0, 0.05) is 76.9 Å². The van der Waals surface area contributed by atoms with E-state index in [1.54, 1.807) is 13.8 Å². The number of carbonyl (C=O) groups excluding carboxylic acids is 3. The predicted molar refractivity (Wildman–Crippen MR) is 178 cm³/mol. The van der Waals surface area contributed by atoms with Crippen LogP contribution in [0.1, 0.15) is 84.2 Å². The van der Waals surface area contributed by atoms with Crippen molar-refractivity contribution in [2.45, 2.75) is 84.2 Å². The summed E-state index contributed by atoms with van der Waals surface area (Å²) in [7, 11) is 0. The smallest absolute Gasteiger partial charge is 0.329 e. The molecule has 0 bridgehead atoms. The molecule has 2 aliphatic rings. The zero-order valence-corrected chi connectivity index (χ0v) is 28.1. The first-order valence-electron chi connectivity index (χ1n) is 16.7. The zero-order chi connectivity index (χ0) is 35.1. The first kappa shape index (κ1) is 37.7. The van der Waals surface area contributed by atoms with Gasteiger partial charge in [-0.2, -0.15) is 0 Å². The number of anilines is 2. The number of nitrogens with one attached hydrogen (secondary N) is 2. The van der Waals surface area contributed by atoms with E-state index in [2.05, 4.69) is 20.6 Å². The van der Waals surface area contributed by atoms with Crippen molar-refractivity contribution >= 4 is 35.4 Å². The molecule has 2 saturated heterocycles. The van der Waals surface area contributed by atoms with Gasteiger partial charge in [0.05, 0.1) is 6.61 Å². The number of aromatic nitrogens is 4. The number of amides is 2. The Hall–Kier alpha value is -4.76. The maximum Gasteiger partial charge on any atom is 0.329 e. The van der Waals surface area contributed by atoms with Gasteiger partial charge in [0.1, 0.15) is 12.1 Å². The molecule has 2 amide bonds. The molecule has 2 atom stereocenters. The van der Waals surface area contributed by atoms with Crippen LogP contribution in [0, 0.1) is 0 Å². The minimum atomic E-state index is -1.04. The number of likely N-dealkylation sites (tertiary alicyclic amines) is 2. The topological polar surface area (TPSA) is 198 Å². The van der Waals surface area contributed by atoms with Crippen molar-refractivity contribution in [1.29, 1.82) is 0 Å². The number of esters is 1. The van der Waals surface area contributed by atoms with Crippen molar-refractivity contribution in [2.24, 2.45) is 0 Å². The van der Waals surface area contributed by atoms with Crippen LogP contribution in [-0.2, 0) is 23.9 Å². The molecule has 4 heterocycles. The van der Waals surface area contributed by atoms with Crippen molar-refractivity contribution in [3.63, 3.8) is 0 Å². The maximum atomic E-state index is 12.5. The molecule has 0 radical (unpaired) electrons. The second-order valence-electron chi connectivity index (χ2n) is 11.4. The number of hydrogen-bond donors (Lipinski definition) is 3. The second-order valence-corrected chi connectivity index (χ2v) is 11.4. The lowest BCUT2D eigenvalue weighted by Crippen LogP contribution is -2.33. The van der Waals surface area contributed by atoms with Crippen LogP contribution < -0.4 is 21.8 Å². The minimum absolute atomic E-state index is 0.139. The molecule has 2 fully saturated rings. The summed E-state index contributed by atoms with van der Waals surface area (Å²) in [5.41, 5.74) is -0.793. The first-order valence-corrected chi connectivity index (χ1v) is 16.7. The number of carbonyl (C=O) groups is 4. The van der Waals surface area contributed by atoms with Crippen LogP contribution in [0.2, 0.25) is 0 Å². The average Bonchev–Trinajstić information content (AvgIpc) is 3.68. The predicted octanol–water partition coefficient (Wildman–Crippen LogP) is 1.89. The molecule has 0 aliphatic carbocycles. The molecule has 264 valence electrons. The number of carboxylic acid groups (broad SMARTS) is 1. The summed E-state index contributed by atoms with van der Waals surface area (Å²) in [4.78, 5) is 82.8. The van der Waals surface area contributed by atoms with Gasteiger partial charge in [0.2, 0.25) is 11.8 Å². The van der Waals surface area contributed by atoms with E-state index in [1.165, 1.54) is 33.9 Å². The van der Waals surface area contributed by atoms with Crippen molar-refractivity contribution in [2.75, 3.05) is 56.5 Å². The molecular formula is C32H48N8O8. The fourth-order valence-electron chi connectivity index (χ4n) is 5.62. The first-order chi connectivity index (χ1) is 23.1. The molecule has 0 aromatic carbocycles. The number of nitrogens with zero attached hydrogens (tertiary/aromatic N) is 6. The summed E-state index contributed by atoms with van der Waals surface area (Å²) in [6, 6.07) is -1.55. The van der Waals surface area contributed by atoms with E-state index in [0.717, 1.165) is 32.4 Å². The molecule has 16 nitrogen and oxygen atoms in total. The summed E-state index contributed by atoms with van der Waals surface area (Å²) in [6.45, 7) is 9.52. The van der Waals surface area contributed by atoms with Crippen LogP contribution >= 0.6 is 0 Å². The zero-order valence-electron chi connectivity index (χ0n) is 28.1. The SMILES string of the molecule is CCOC(=O)[C@H](CC)n1ccnc(NCCCN2CCCC2=O)c1=O.CC[C@@H](C(=O)O)n1ccnc(NCCCN2CCCC2=O)c1=O. The van der Waals surface area contributed by atoms with Gasteiger partial charge >= 0.3 is 11.9 Å². The standard InChI is InChI=1S/C17H26N4O4.C15H22N4O4/c1-3-13(17(24)25-4-2)21-12-9-19-15(16(21)23)18-8-6-11-20-10-5-7-14(20)22;1-2-11(15(22)23)19-10-7-17-13(14(19)21)16-6-4-9-18-8-3-5-12(18)20/h9,12-13H,3-8,10-11H2,1-2H3,(H,18,19);7,10-11H,2-6,8-9H2,1H3,(H,16,17)(H,22,23)/t13-;11-/m00/s1. The Morgan fingerprint density at radius 3 is 1.62 bits per heavy atom.